The Bertz CT molecular complexity index is 151. The molecule has 2 atom stereocenters. The molecule has 3 fully saturated rings. The first-order valence-electron chi connectivity index (χ1n) is 5.43. The Balaban J connectivity index is 1.80. The third kappa shape index (κ3) is 0.711. The van der Waals surface area contributed by atoms with Crippen molar-refractivity contribution in [3.05, 3.63) is 0 Å². The Kier molecular flexibility index (Phi) is 1.20. The predicted molar refractivity (Wildman–Crippen MR) is 46.3 cm³/mol. The standard InChI is InChI=1S/C11H18/c1-2-6-10-9(5-1)11(10)7-3-4-8-11/h9-10H,1-8H2. The average Bonchev–Trinajstić information content (AvgIpc) is 2.43. The molecule has 0 aromatic heterocycles. The van der Waals surface area contributed by atoms with Crippen LogP contribution in [0.15, 0.2) is 0 Å². The summed E-state index contributed by atoms with van der Waals surface area (Å²) >= 11 is 0. The fraction of sp³-hybridized carbons (Fsp3) is 1.00. The van der Waals surface area contributed by atoms with Crippen LogP contribution in [-0.4, -0.2) is 0 Å². The molecule has 62 valence electrons. The third-order valence-corrected chi connectivity index (χ3v) is 4.67. The molecule has 0 saturated heterocycles. The molecule has 0 radical (unpaired) electrons. The first-order valence-corrected chi connectivity index (χ1v) is 5.43. The molecule has 11 heavy (non-hydrogen) atoms. The molecule has 0 aliphatic heterocycles. The molecule has 3 rings (SSSR count). The number of fused-ring (bicyclic) bond motifs is 3. The summed E-state index contributed by atoms with van der Waals surface area (Å²) in [7, 11) is 0. The summed E-state index contributed by atoms with van der Waals surface area (Å²) in [4.78, 5) is 0. The van der Waals surface area contributed by atoms with Gasteiger partial charge in [0, 0.05) is 0 Å². The summed E-state index contributed by atoms with van der Waals surface area (Å²) in [6.45, 7) is 0. The van der Waals surface area contributed by atoms with Crippen molar-refractivity contribution in [1.82, 2.24) is 0 Å². The maximum absolute atomic E-state index is 1.60. The van der Waals surface area contributed by atoms with Crippen LogP contribution in [0.3, 0.4) is 0 Å². The minimum Gasteiger partial charge on any atom is -0.0530 e. The van der Waals surface area contributed by atoms with Gasteiger partial charge in [-0.1, -0.05) is 25.7 Å². The topological polar surface area (TPSA) is 0 Å². The van der Waals surface area contributed by atoms with Gasteiger partial charge in [0.2, 0.25) is 0 Å². The quantitative estimate of drug-likeness (QED) is 0.496. The van der Waals surface area contributed by atoms with Crippen LogP contribution in [-0.2, 0) is 0 Å². The first kappa shape index (κ1) is 6.51. The van der Waals surface area contributed by atoms with Crippen molar-refractivity contribution in [2.45, 2.75) is 51.4 Å². The zero-order valence-corrected chi connectivity index (χ0v) is 7.31. The monoisotopic (exact) mass is 150 g/mol. The summed E-state index contributed by atoms with van der Waals surface area (Å²) in [5, 5.41) is 0. The highest BCUT2D eigenvalue weighted by Crippen LogP contribution is 2.72. The molecule has 0 aromatic rings. The molecule has 0 amide bonds. The Morgan fingerprint density at radius 1 is 0.727 bits per heavy atom. The fourth-order valence-corrected chi connectivity index (χ4v) is 4.15. The van der Waals surface area contributed by atoms with Crippen molar-refractivity contribution in [3.63, 3.8) is 0 Å². The van der Waals surface area contributed by atoms with Crippen molar-refractivity contribution in [2.24, 2.45) is 17.3 Å². The van der Waals surface area contributed by atoms with E-state index in [0.717, 1.165) is 5.41 Å². The largest absolute Gasteiger partial charge is 0.0530 e. The maximum atomic E-state index is 1.60. The summed E-state index contributed by atoms with van der Waals surface area (Å²) in [6.07, 6.45) is 12.6. The number of hydrogen-bond acceptors (Lipinski definition) is 0. The number of rotatable bonds is 0. The van der Waals surface area contributed by atoms with E-state index in [0.29, 0.717) is 0 Å². The van der Waals surface area contributed by atoms with Gasteiger partial charge in [-0.3, -0.25) is 0 Å². The van der Waals surface area contributed by atoms with Crippen molar-refractivity contribution < 1.29 is 0 Å². The van der Waals surface area contributed by atoms with Crippen LogP contribution in [0.1, 0.15) is 51.4 Å². The Hall–Kier alpha value is 0. The molecule has 3 aliphatic rings. The van der Waals surface area contributed by atoms with Crippen LogP contribution in [0.2, 0.25) is 0 Å². The number of hydrogen-bond donors (Lipinski definition) is 0. The molecule has 0 bridgehead atoms. The van der Waals surface area contributed by atoms with Gasteiger partial charge in [0.1, 0.15) is 0 Å². The van der Waals surface area contributed by atoms with Gasteiger partial charge in [0.05, 0.1) is 0 Å². The summed E-state index contributed by atoms with van der Waals surface area (Å²) in [5.41, 5.74) is 0.941. The fourth-order valence-electron chi connectivity index (χ4n) is 4.15. The highest BCUT2D eigenvalue weighted by Gasteiger charge is 2.63. The average molecular weight is 150 g/mol. The van der Waals surface area contributed by atoms with Gasteiger partial charge in [-0.25, -0.2) is 0 Å². The van der Waals surface area contributed by atoms with Crippen molar-refractivity contribution in [1.29, 1.82) is 0 Å². The zero-order chi connectivity index (χ0) is 7.31. The second-order valence-electron chi connectivity index (χ2n) is 4.94. The first-order chi connectivity index (χ1) is 5.43. The van der Waals surface area contributed by atoms with Crippen molar-refractivity contribution >= 4 is 0 Å². The van der Waals surface area contributed by atoms with Crippen LogP contribution in [0.5, 0.6) is 0 Å². The minimum absolute atomic E-state index is 0.941. The summed E-state index contributed by atoms with van der Waals surface area (Å²) in [6, 6.07) is 0. The lowest BCUT2D eigenvalue weighted by Crippen LogP contribution is -1.96. The Morgan fingerprint density at radius 3 is 1.82 bits per heavy atom. The Labute approximate surface area is 69.4 Å². The van der Waals surface area contributed by atoms with Crippen molar-refractivity contribution in [3.8, 4) is 0 Å². The van der Waals surface area contributed by atoms with Crippen LogP contribution in [0, 0.1) is 17.3 Å². The molecule has 3 saturated carbocycles. The molecule has 1 spiro atoms. The van der Waals surface area contributed by atoms with E-state index in [4.69, 9.17) is 0 Å². The summed E-state index contributed by atoms with van der Waals surface area (Å²) in [5.74, 6) is 2.41. The van der Waals surface area contributed by atoms with E-state index in [1.54, 1.807) is 51.4 Å². The van der Waals surface area contributed by atoms with E-state index in [-0.39, 0.29) is 0 Å². The lowest BCUT2D eigenvalue weighted by molar-refractivity contribution is 0.447. The highest BCUT2D eigenvalue weighted by atomic mass is 14.7. The highest BCUT2D eigenvalue weighted by molar-refractivity contribution is 5.13. The van der Waals surface area contributed by atoms with Crippen LogP contribution in [0.4, 0.5) is 0 Å². The molecule has 0 aromatic carbocycles. The second kappa shape index (κ2) is 2.02. The van der Waals surface area contributed by atoms with Gasteiger partial charge in [-0.2, -0.15) is 0 Å². The van der Waals surface area contributed by atoms with E-state index in [9.17, 15) is 0 Å². The van der Waals surface area contributed by atoms with Crippen LogP contribution >= 0.6 is 0 Å². The van der Waals surface area contributed by atoms with Gasteiger partial charge in [0.15, 0.2) is 0 Å². The molecular formula is C11H18. The van der Waals surface area contributed by atoms with Gasteiger partial charge >= 0.3 is 0 Å². The molecule has 0 heteroatoms. The third-order valence-electron chi connectivity index (χ3n) is 4.67. The normalized spacial score (nSPS) is 45.8. The predicted octanol–water partition coefficient (Wildman–Crippen LogP) is 3.37. The lowest BCUT2D eigenvalue weighted by Gasteiger charge is -2.05. The molecule has 0 nitrogen and oxygen atoms in total. The SMILES string of the molecule is C1CCC2C(C1)C21CCCC1. The van der Waals surface area contributed by atoms with E-state index in [2.05, 4.69) is 0 Å². The summed E-state index contributed by atoms with van der Waals surface area (Å²) < 4.78 is 0. The van der Waals surface area contributed by atoms with E-state index < -0.39 is 0 Å². The minimum atomic E-state index is 0.941. The van der Waals surface area contributed by atoms with Gasteiger partial charge < -0.3 is 0 Å². The van der Waals surface area contributed by atoms with E-state index in [1.807, 2.05) is 0 Å². The van der Waals surface area contributed by atoms with Gasteiger partial charge in [-0.05, 0) is 42.9 Å². The molecule has 3 aliphatic carbocycles. The molecule has 0 N–H and O–H groups in total. The van der Waals surface area contributed by atoms with Gasteiger partial charge in [0.25, 0.3) is 0 Å². The van der Waals surface area contributed by atoms with E-state index >= 15 is 0 Å². The Morgan fingerprint density at radius 2 is 1.27 bits per heavy atom. The zero-order valence-electron chi connectivity index (χ0n) is 7.31. The van der Waals surface area contributed by atoms with Gasteiger partial charge in [-0.15, -0.1) is 0 Å². The van der Waals surface area contributed by atoms with Crippen LogP contribution < -0.4 is 0 Å². The molecular weight excluding hydrogens is 132 g/mol. The maximum Gasteiger partial charge on any atom is -0.0235 e. The van der Waals surface area contributed by atoms with Crippen LogP contribution in [0.25, 0.3) is 0 Å². The molecule has 0 heterocycles. The van der Waals surface area contributed by atoms with Crippen molar-refractivity contribution in [2.75, 3.05) is 0 Å². The van der Waals surface area contributed by atoms with E-state index in [1.165, 1.54) is 11.8 Å². The second-order valence-corrected chi connectivity index (χ2v) is 4.94. The lowest BCUT2D eigenvalue weighted by atomic mass is 10.00. The smallest absolute Gasteiger partial charge is 0.0235 e. The molecule has 2 unspecified atom stereocenters.